The Morgan fingerprint density at radius 3 is 2.44 bits per heavy atom. The highest BCUT2D eigenvalue weighted by Gasteiger charge is 2.32. The van der Waals surface area contributed by atoms with Gasteiger partial charge in [-0.2, -0.15) is 4.31 Å². The van der Waals surface area contributed by atoms with Gasteiger partial charge >= 0.3 is 0 Å². The van der Waals surface area contributed by atoms with Crippen LogP contribution in [0.25, 0.3) is 0 Å². The predicted molar refractivity (Wildman–Crippen MR) is 101 cm³/mol. The van der Waals surface area contributed by atoms with Crippen LogP contribution < -0.4 is 10.6 Å². The molecule has 6 nitrogen and oxygen atoms in total. The van der Waals surface area contributed by atoms with Crippen LogP contribution in [0.15, 0.2) is 23.1 Å². The third-order valence-corrected chi connectivity index (χ3v) is 7.11. The number of hydrogen-bond donors (Lipinski definition) is 1. The molecular weight excluding hydrogens is 362 g/mol. The zero-order valence-corrected chi connectivity index (χ0v) is 16.3. The topological polar surface area (TPSA) is 83.7 Å². The van der Waals surface area contributed by atoms with Gasteiger partial charge < -0.3 is 10.6 Å². The van der Waals surface area contributed by atoms with E-state index in [0.717, 1.165) is 30.5 Å². The number of rotatable bonds is 3. The van der Waals surface area contributed by atoms with E-state index in [4.69, 9.17) is 5.73 Å². The molecule has 2 heterocycles. The predicted octanol–water partition coefficient (Wildman–Crippen LogP) is 1.77. The number of piperidine rings is 1. The molecule has 0 radical (unpaired) electrons. The van der Waals surface area contributed by atoms with Gasteiger partial charge in [0.1, 0.15) is 0 Å². The Hall–Kier alpha value is -1.15. The molecule has 1 aromatic carbocycles. The fourth-order valence-corrected chi connectivity index (χ4v) is 5.13. The van der Waals surface area contributed by atoms with Crippen LogP contribution in [0.4, 0.5) is 5.69 Å². The summed E-state index contributed by atoms with van der Waals surface area (Å²) in [6.07, 6.45) is 2.36. The molecule has 2 aliphatic rings. The quantitative estimate of drug-likeness (QED) is 0.856. The zero-order chi connectivity index (χ0) is 17.5. The SMILES string of the molecule is CC(=O)N1CCc2ccc(S(=O)(=O)N3CCC(C(C)N)CC3)cc21.Cl. The van der Waals surface area contributed by atoms with Crippen LogP contribution in [0.1, 0.15) is 32.3 Å². The Labute approximate surface area is 155 Å². The first-order valence-corrected chi connectivity index (χ1v) is 9.91. The Morgan fingerprint density at radius 2 is 1.88 bits per heavy atom. The van der Waals surface area contributed by atoms with Gasteiger partial charge in [0.2, 0.25) is 15.9 Å². The minimum Gasteiger partial charge on any atom is -0.328 e. The molecule has 25 heavy (non-hydrogen) atoms. The van der Waals surface area contributed by atoms with E-state index < -0.39 is 10.0 Å². The van der Waals surface area contributed by atoms with Gasteiger partial charge in [0.15, 0.2) is 0 Å². The Kier molecular flexibility index (Phi) is 6.14. The van der Waals surface area contributed by atoms with Gasteiger partial charge in [0.25, 0.3) is 0 Å². The summed E-state index contributed by atoms with van der Waals surface area (Å²) in [6, 6.07) is 5.24. The van der Waals surface area contributed by atoms with Crippen LogP contribution in [0.5, 0.6) is 0 Å². The highest BCUT2D eigenvalue weighted by molar-refractivity contribution is 7.89. The van der Waals surface area contributed by atoms with Gasteiger partial charge in [0.05, 0.1) is 4.90 Å². The van der Waals surface area contributed by atoms with Crippen LogP contribution in [-0.2, 0) is 21.2 Å². The molecule has 140 valence electrons. The van der Waals surface area contributed by atoms with E-state index in [1.165, 1.54) is 6.92 Å². The van der Waals surface area contributed by atoms with Crippen molar-refractivity contribution in [2.45, 2.75) is 44.0 Å². The highest BCUT2D eigenvalue weighted by atomic mass is 35.5. The van der Waals surface area contributed by atoms with Crippen molar-refractivity contribution in [2.24, 2.45) is 11.7 Å². The molecule has 1 aromatic rings. The molecule has 1 saturated heterocycles. The minimum atomic E-state index is -3.53. The first-order valence-electron chi connectivity index (χ1n) is 8.47. The van der Waals surface area contributed by atoms with Crippen LogP contribution in [0.3, 0.4) is 0 Å². The molecule has 1 fully saturated rings. The fourth-order valence-electron chi connectivity index (χ4n) is 3.64. The number of hydrogen-bond acceptors (Lipinski definition) is 4. The first kappa shape index (κ1) is 20.2. The molecule has 2 aliphatic heterocycles. The second kappa shape index (κ2) is 7.61. The number of anilines is 1. The maximum absolute atomic E-state index is 12.9. The van der Waals surface area contributed by atoms with E-state index in [2.05, 4.69) is 0 Å². The number of fused-ring (bicyclic) bond motifs is 1. The monoisotopic (exact) mass is 387 g/mol. The average Bonchev–Trinajstić information content (AvgIpc) is 2.98. The number of sulfonamides is 1. The molecule has 1 amide bonds. The number of carbonyl (C=O) groups is 1. The van der Waals surface area contributed by atoms with Crippen molar-refractivity contribution >= 4 is 34.0 Å². The van der Waals surface area contributed by atoms with Crippen molar-refractivity contribution in [3.8, 4) is 0 Å². The molecule has 1 unspecified atom stereocenters. The number of nitrogens with two attached hydrogens (primary N) is 1. The molecule has 0 aliphatic carbocycles. The van der Waals surface area contributed by atoms with E-state index in [9.17, 15) is 13.2 Å². The van der Waals surface area contributed by atoms with Crippen LogP contribution >= 0.6 is 12.4 Å². The number of halogens is 1. The van der Waals surface area contributed by atoms with Crippen molar-refractivity contribution in [2.75, 3.05) is 24.5 Å². The molecule has 8 heteroatoms. The molecule has 0 aromatic heterocycles. The lowest BCUT2D eigenvalue weighted by molar-refractivity contribution is -0.116. The summed E-state index contributed by atoms with van der Waals surface area (Å²) in [5.74, 6) is 0.325. The van der Waals surface area contributed by atoms with Gasteiger partial charge in [-0.1, -0.05) is 6.07 Å². The number of carbonyl (C=O) groups excluding carboxylic acids is 1. The van der Waals surface area contributed by atoms with E-state index >= 15 is 0 Å². The van der Waals surface area contributed by atoms with Gasteiger partial charge in [-0.3, -0.25) is 4.79 Å². The molecule has 2 N–H and O–H groups in total. The van der Waals surface area contributed by atoms with Gasteiger partial charge in [0, 0.05) is 38.3 Å². The molecular formula is C17H26ClN3O3S. The lowest BCUT2D eigenvalue weighted by Gasteiger charge is -2.33. The second-order valence-electron chi connectivity index (χ2n) is 6.81. The van der Waals surface area contributed by atoms with Gasteiger partial charge in [-0.15, -0.1) is 12.4 Å². The Morgan fingerprint density at radius 1 is 1.24 bits per heavy atom. The van der Waals surface area contributed by atoms with E-state index in [1.54, 1.807) is 21.3 Å². The second-order valence-corrected chi connectivity index (χ2v) is 8.75. The lowest BCUT2D eigenvalue weighted by atomic mass is 9.92. The molecule has 0 spiro atoms. The van der Waals surface area contributed by atoms with Crippen LogP contribution in [-0.4, -0.2) is 44.3 Å². The van der Waals surface area contributed by atoms with E-state index in [1.807, 2.05) is 13.0 Å². The number of nitrogens with zero attached hydrogens (tertiary/aromatic N) is 2. The summed E-state index contributed by atoms with van der Waals surface area (Å²) in [6.45, 7) is 5.11. The maximum Gasteiger partial charge on any atom is 0.243 e. The molecule has 0 saturated carbocycles. The Balaban J connectivity index is 0.00000225. The molecule has 1 atom stereocenters. The van der Waals surface area contributed by atoms with Crippen molar-refractivity contribution in [3.05, 3.63) is 23.8 Å². The fraction of sp³-hybridized carbons (Fsp3) is 0.588. The zero-order valence-electron chi connectivity index (χ0n) is 14.6. The van der Waals surface area contributed by atoms with Crippen LogP contribution in [0, 0.1) is 5.92 Å². The van der Waals surface area contributed by atoms with Gasteiger partial charge in [-0.25, -0.2) is 8.42 Å². The molecule has 0 bridgehead atoms. The normalized spacial score (nSPS) is 20.0. The van der Waals surface area contributed by atoms with E-state index in [-0.39, 0.29) is 29.3 Å². The Bertz CT molecular complexity index is 744. The summed E-state index contributed by atoms with van der Waals surface area (Å²) in [4.78, 5) is 13.6. The summed E-state index contributed by atoms with van der Waals surface area (Å²) in [5.41, 5.74) is 7.69. The van der Waals surface area contributed by atoms with E-state index in [0.29, 0.717) is 25.6 Å². The summed E-state index contributed by atoms with van der Waals surface area (Å²) < 4.78 is 27.4. The third-order valence-electron chi connectivity index (χ3n) is 5.21. The average molecular weight is 388 g/mol. The third kappa shape index (κ3) is 3.84. The van der Waals surface area contributed by atoms with Crippen molar-refractivity contribution in [1.82, 2.24) is 4.31 Å². The smallest absolute Gasteiger partial charge is 0.243 e. The summed E-state index contributed by atoms with van der Waals surface area (Å²) in [5, 5.41) is 0. The largest absolute Gasteiger partial charge is 0.328 e. The highest BCUT2D eigenvalue weighted by Crippen LogP contribution is 2.32. The van der Waals surface area contributed by atoms with Crippen molar-refractivity contribution in [1.29, 1.82) is 0 Å². The van der Waals surface area contributed by atoms with Crippen molar-refractivity contribution < 1.29 is 13.2 Å². The lowest BCUT2D eigenvalue weighted by Crippen LogP contribution is -2.42. The van der Waals surface area contributed by atoms with Crippen molar-refractivity contribution in [3.63, 3.8) is 0 Å². The number of benzene rings is 1. The maximum atomic E-state index is 12.9. The first-order chi connectivity index (χ1) is 11.3. The van der Waals surface area contributed by atoms with Crippen LogP contribution in [0.2, 0.25) is 0 Å². The summed E-state index contributed by atoms with van der Waals surface area (Å²) in [7, 11) is -3.53. The minimum absolute atomic E-state index is 0. The van der Waals surface area contributed by atoms with Gasteiger partial charge in [-0.05, 0) is 49.8 Å². The standard InChI is InChI=1S/C17H25N3O3S.ClH/c1-12(18)14-5-8-19(9-6-14)24(22,23)16-4-3-15-7-10-20(13(2)21)17(15)11-16;/h3-4,11-12,14H,5-10,18H2,1-2H3;1H. The molecule has 3 rings (SSSR count). The summed E-state index contributed by atoms with van der Waals surface area (Å²) >= 11 is 0. The number of amides is 1.